The highest BCUT2D eigenvalue weighted by molar-refractivity contribution is 5.99. The average molecular weight is 280 g/mol. The van der Waals surface area contributed by atoms with Crippen LogP contribution < -0.4 is 11.1 Å². The van der Waals surface area contributed by atoms with Crippen LogP contribution in [-0.2, 0) is 0 Å². The fourth-order valence-corrected chi connectivity index (χ4v) is 2.22. The van der Waals surface area contributed by atoms with Gasteiger partial charge in [0.25, 0.3) is 5.91 Å². The van der Waals surface area contributed by atoms with E-state index in [1.807, 2.05) is 0 Å². The topological polar surface area (TPSA) is 61.6 Å². The van der Waals surface area contributed by atoms with Crippen molar-refractivity contribution in [1.82, 2.24) is 15.1 Å². The van der Waals surface area contributed by atoms with Crippen LogP contribution in [0.2, 0.25) is 0 Å². The molecule has 1 saturated heterocycles. The van der Waals surface area contributed by atoms with Crippen molar-refractivity contribution in [3.8, 4) is 0 Å². The number of halogens is 1. The largest absolute Gasteiger partial charge is 0.398 e. The molecule has 0 aliphatic carbocycles. The quantitative estimate of drug-likeness (QED) is 0.783. The number of hydrogen-bond donors (Lipinski definition) is 2. The lowest BCUT2D eigenvalue weighted by atomic mass is 10.1. The number of benzene rings is 1. The fourth-order valence-electron chi connectivity index (χ4n) is 2.22. The number of nitrogens with two attached hydrogens (primary N) is 1. The van der Waals surface area contributed by atoms with Crippen molar-refractivity contribution in [2.75, 3.05) is 52.0 Å². The van der Waals surface area contributed by atoms with Crippen LogP contribution in [0.5, 0.6) is 0 Å². The van der Waals surface area contributed by atoms with Crippen molar-refractivity contribution in [3.05, 3.63) is 29.6 Å². The molecule has 5 nitrogen and oxygen atoms in total. The molecule has 1 heterocycles. The summed E-state index contributed by atoms with van der Waals surface area (Å²) in [6.45, 7) is 5.45. The number of nitrogens with zero attached hydrogens (tertiary/aromatic N) is 2. The molecule has 0 spiro atoms. The lowest BCUT2D eigenvalue weighted by Gasteiger charge is -2.32. The summed E-state index contributed by atoms with van der Waals surface area (Å²) in [7, 11) is 2.10. The average Bonchev–Trinajstić information content (AvgIpc) is 2.43. The summed E-state index contributed by atoms with van der Waals surface area (Å²) in [5.74, 6) is -0.778. The van der Waals surface area contributed by atoms with Crippen molar-refractivity contribution in [2.45, 2.75) is 0 Å². The molecule has 1 aromatic rings. The van der Waals surface area contributed by atoms with E-state index in [1.54, 1.807) is 0 Å². The number of hydrogen-bond acceptors (Lipinski definition) is 4. The summed E-state index contributed by atoms with van der Waals surface area (Å²) in [6, 6.07) is 3.82. The summed E-state index contributed by atoms with van der Waals surface area (Å²) < 4.78 is 13.1. The standard InChI is InChI=1S/C14H21FN4O/c1-18-6-8-19(9-7-18)5-4-17-14(20)12-10-11(15)2-3-13(12)16/h2-3,10H,4-9,16H2,1H3,(H,17,20). The van der Waals surface area contributed by atoms with E-state index in [0.717, 1.165) is 32.7 Å². The Morgan fingerprint density at radius 3 is 2.75 bits per heavy atom. The zero-order valence-electron chi connectivity index (χ0n) is 11.7. The molecule has 0 radical (unpaired) electrons. The molecule has 0 aromatic heterocycles. The minimum atomic E-state index is -0.455. The zero-order valence-corrected chi connectivity index (χ0v) is 11.7. The van der Waals surface area contributed by atoms with Crippen molar-refractivity contribution in [3.63, 3.8) is 0 Å². The number of amides is 1. The molecule has 1 fully saturated rings. The van der Waals surface area contributed by atoms with Gasteiger partial charge in [-0.15, -0.1) is 0 Å². The second kappa shape index (κ2) is 6.67. The Hall–Kier alpha value is -1.66. The van der Waals surface area contributed by atoms with E-state index in [9.17, 15) is 9.18 Å². The van der Waals surface area contributed by atoms with E-state index in [4.69, 9.17) is 5.73 Å². The van der Waals surface area contributed by atoms with Crippen molar-refractivity contribution >= 4 is 11.6 Å². The summed E-state index contributed by atoms with van der Waals surface area (Å²) >= 11 is 0. The van der Waals surface area contributed by atoms with Gasteiger partial charge in [-0.2, -0.15) is 0 Å². The molecule has 2 rings (SSSR count). The number of anilines is 1. The van der Waals surface area contributed by atoms with Crippen LogP contribution in [0.15, 0.2) is 18.2 Å². The first kappa shape index (κ1) is 14.7. The number of nitrogens with one attached hydrogen (secondary N) is 1. The molecule has 3 N–H and O–H groups in total. The predicted octanol–water partition coefficient (Wildman–Crippen LogP) is 0.385. The maximum absolute atomic E-state index is 13.1. The Bertz CT molecular complexity index is 472. The molecule has 0 unspecified atom stereocenters. The lowest BCUT2D eigenvalue weighted by Crippen LogP contribution is -2.46. The third-order valence-electron chi connectivity index (χ3n) is 3.57. The first-order valence-electron chi connectivity index (χ1n) is 6.80. The molecule has 1 amide bonds. The Kier molecular flexibility index (Phi) is 4.92. The summed E-state index contributed by atoms with van der Waals surface area (Å²) in [5.41, 5.74) is 6.17. The van der Waals surface area contributed by atoms with Crippen LogP contribution in [0.1, 0.15) is 10.4 Å². The van der Waals surface area contributed by atoms with Gasteiger partial charge in [0.2, 0.25) is 0 Å². The predicted molar refractivity (Wildman–Crippen MR) is 77.1 cm³/mol. The monoisotopic (exact) mass is 280 g/mol. The number of carbonyl (C=O) groups is 1. The van der Waals surface area contributed by atoms with E-state index < -0.39 is 5.82 Å². The molecule has 0 bridgehead atoms. The maximum atomic E-state index is 13.1. The highest BCUT2D eigenvalue weighted by atomic mass is 19.1. The van der Waals surface area contributed by atoms with E-state index in [0.29, 0.717) is 12.2 Å². The third-order valence-corrected chi connectivity index (χ3v) is 3.57. The van der Waals surface area contributed by atoms with E-state index >= 15 is 0 Å². The number of nitrogen functional groups attached to an aromatic ring is 1. The van der Waals surface area contributed by atoms with Crippen LogP contribution in [0, 0.1) is 5.82 Å². The van der Waals surface area contributed by atoms with E-state index in [1.165, 1.54) is 18.2 Å². The Morgan fingerprint density at radius 1 is 1.35 bits per heavy atom. The van der Waals surface area contributed by atoms with Crippen molar-refractivity contribution in [1.29, 1.82) is 0 Å². The van der Waals surface area contributed by atoms with Gasteiger partial charge in [-0.25, -0.2) is 4.39 Å². The number of rotatable bonds is 4. The maximum Gasteiger partial charge on any atom is 0.253 e. The van der Waals surface area contributed by atoms with Gasteiger partial charge in [-0.1, -0.05) is 0 Å². The number of carbonyl (C=O) groups excluding carboxylic acids is 1. The molecule has 1 aromatic carbocycles. The summed E-state index contributed by atoms with van der Waals surface area (Å²) in [6.07, 6.45) is 0. The van der Waals surface area contributed by atoms with Gasteiger partial charge >= 0.3 is 0 Å². The minimum absolute atomic E-state index is 0.198. The van der Waals surface area contributed by atoms with Gasteiger partial charge in [0, 0.05) is 45.0 Å². The van der Waals surface area contributed by atoms with Crippen LogP contribution in [0.3, 0.4) is 0 Å². The third kappa shape index (κ3) is 3.91. The smallest absolute Gasteiger partial charge is 0.253 e. The Balaban J connectivity index is 1.79. The second-order valence-corrected chi connectivity index (χ2v) is 5.13. The van der Waals surface area contributed by atoms with Gasteiger partial charge in [0.05, 0.1) is 5.56 Å². The van der Waals surface area contributed by atoms with Gasteiger partial charge in [-0.3, -0.25) is 9.69 Å². The summed E-state index contributed by atoms with van der Waals surface area (Å²) in [5, 5.41) is 2.78. The molecule has 1 aliphatic rings. The van der Waals surface area contributed by atoms with Crippen molar-refractivity contribution < 1.29 is 9.18 Å². The van der Waals surface area contributed by atoms with Gasteiger partial charge in [0.15, 0.2) is 0 Å². The molecule has 0 atom stereocenters. The van der Waals surface area contributed by atoms with Crippen LogP contribution in [-0.4, -0.2) is 62.0 Å². The van der Waals surface area contributed by atoms with Crippen LogP contribution in [0.4, 0.5) is 10.1 Å². The molecule has 0 saturated carbocycles. The highest BCUT2D eigenvalue weighted by Gasteiger charge is 2.14. The fraction of sp³-hybridized carbons (Fsp3) is 0.500. The molecular weight excluding hydrogens is 259 g/mol. The number of likely N-dealkylation sites (N-methyl/N-ethyl adjacent to an activating group) is 1. The SMILES string of the molecule is CN1CCN(CCNC(=O)c2cc(F)ccc2N)CC1. The molecular formula is C14H21FN4O. The first-order chi connectivity index (χ1) is 9.56. The van der Waals surface area contributed by atoms with Crippen molar-refractivity contribution in [2.24, 2.45) is 0 Å². The molecule has 20 heavy (non-hydrogen) atoms. The van der Waals surface area contributed by atoms with E-state index in [2.05, 4.69) is 22.2 Å². The molecule has 110 valence electrons. The second-order valence-electron chi connectivity index (χ2n) is 5.13. The van der Waals surface area contributed by atoms with Crippen LogP contribution in [0.25, 0.3) is 0 Å². The van der Waals surface area contributed by atoms with Gasteiger partial charge in [-0.05, 0) is 25.2 Å². The normalized spacial score (nSPS) is 17.1. The summed E-state index contributed by atoms with van der Waals surface area (Å²) in [4.78, 5) is 16.5. The molecule has 1 aliphatic heterocycles. The van der Waals surface area contributed by atoms with Gasteiger partial charge < -0.3 is 16.0 Å². The zero-order chi connectivity index (χ0) is 14.5. The molecule has 6 heteroatoms. The Labute approximate surface area is 118 Å². The van der Waals surface area contributed by atoms with Crippen LogP contribution >= 0.6 is 0 Å². The number of piperazine rings is 1. The minimum Gasteiger partial charge on any atom is -0.398 e. The first-order valence-corrected chi connectivity index (χ1v) is 6.80. The Morgan fingerprint density at radius 2 is 2.05 bits per heavy atom. The highest BCUT2D eigenvalue weighted by Crippen LogP contribution is 2.12. The van der Waals surface area contributed by atoms with Gasteiger partial charge in [0.1, 0.15) is 5.82 Å². The lowest BCUT2D eigenvalue weighted by molar-refractivity contribution is 0.0941. The van der Waals surface area contributed by atoms with E-state index in [-0.39, 0.29) is 11.5 Å².